The fraction of sp³-hybridized carbons (Fsp3) is 0.643. The van der Waals surface area contributed by atoms with Crippen LogP contribution in [0, 0.1) is 0 Å². The van der Waals surface area contributed by atoms with E-state index < -0.39 is 0 Å². The van der Waals surface area contributed by atoms with Crippen molar-refractivity contribution < 1.29 is 9.84 Å². The Morgan fingerprint density at radius 1 is 1.58 bits per heavy atom. The predicted octanol–water partition coefficient (Wildman–Crippen LogP) is 1.09. The number of aromatic nitrogens is 1. The van der Waals surface area contributed by atoms with Crippen molar-refractivity contribution in [2.45, 2.75) is 32.5 Å². The number of hydrogen-bond donors (Lipinski definition) is 2. The Morgan fingerprint density at radius 3 is 3.16 bits per heavy atom. The van der Waals surface area contributed by atoms with Crippen molar-refractivity contribution in [3.8, 4) is 0 Å². The normalized spacial score (nSPS) is 24.4. The fourth-order valence-electron chi connectivity index (χ4n) is 2.29. The summed E-state index contributed by atoms with van der Waals surface area (Å²) in [6, 6.07) is 4.42. The van der Waals surface area contributed by atoms with E-state index in [0.29, 0.717) is 12.6 Å². The molecular formula is C14H23N3O2. The molecule has 0 bridgehead atoms. The van der Waals surface area contributed by atoms with E-state index in [9.17, 15) is 5.11 Å². The summed E-state index contributed by atoms with van der Waals surface area (Å²) in [5, 5.41) is 12.5. The average Bonchev–Trinajstić information content (AvgIpc) is 2.42. The fourth-order valence-corrected chi connectivity index (χ4v) is 2.29. The van der Waals surface area contributed by atoms with Gasteiger partial charge in [0.1, 0.15) is 0 Å². The Hall–Kier alpha value is -1.17. The lowest BCUT2D eigenvalue weighted by Gasteiger charge is -2.37. The number of anilines is 1. The predicted molar refractivity (Wildman–Crippen MR) is 75.1 cm³/mol. The van der Waals surface area contributed by atoms with Gasteiger partial charge in [-0.2, -0.15) is 0 Å². The number of aliphatic hydroxyl groups is 1. The first-order chi connectivity index (χ1) is 9.22. The molecule has 1 aliphatic heterocycles. The summed E-state index contributed by atoms with van der Waals surface area (Å²) >= 11 is 0. The molecule has 0 saturated carbocycles. The van der Waals surface area contributed by atoms with Crippen molar-refractivity contribution in [2.75, 3.05) is 31.6 Å². The van der Waals surface area contributed by atoms with Crippen molar-refractivity contribution in [1.82, 2.24) is 9.88 Å². The molecule has 2 rings (SSSR count). The number of hydrogen-bond acceptors (Lipinski definition) is 5. The molecule has 0 aliphatic carbocycles. The van der Waals surface area contributed by atoms with Gasteiger partial charge in [0.05, 0.1) is 25.0 Å². The Bertz CT molecular complexity index is 400. The van der Waals surface area contributed by atoms with E-state index in [0.717, 1.165) is 31.0 Å². The van der Waals surface area contributed by atoms with Gasteiger partial charge >= 0.3 is 0 Å². The first kappa shape index (κ1) is 14.2. The number of rotatable bonds is 5. The minimum absolute atomic E-state index is 0.0758. The molecule has 0 amide bonds. The Labute approximate surface area is 114 Å². The van der Waals surface area contributed by atoms with Crippen LogP contribution in [0.4, 0.5) is 5.69 Å². The summed E-state index contributed by atoms with van der Waals surface area (Å²) < 4.78 is 5.55. The topological polar surface area (TPSA) is 57.6 Å². The van der Waals surface area contributed by atoms with E-state index in [-0.39, 0.29) is 12.7 Å². The zero-order valence-corrected chi connectivity index (χ0v) is 11.7. The number of aliphatic hydroxyl groups excluding tert-OH is 1. The summed E-state index contributed by atoms with van der Waals surface area (Å²) in [5.74, 6) is 0. The van der Waals surface area contributed by atoms with Crippen LogP contribution in [0.25, 0.3) is 0 Å². The van der Waals surface area contributed by atoms with E-state index in [1.54, 1.807) is 0 Å². The highest BCUT2D eigenvalue weighted by atomic mass is 16.5. The molecule has 1 fully saturated rings. The SMILES string of the molecule is CCNc1ccnc(CN2CC(CO)OCC2C)c1. The maximum absolute atomic E-state index is 9.20. The number of morpholine rings is 1. The number of pyridine rings is 1. The molecule has 2 atom stereocenters. The van der Waals surface area contributed by atoms with E-state index >= 15 is 0 Å². The van der Waals surface area contributed by atoms with Crippen LogP contribution in [0.2, 0.25) is 0 Å². The molecule has 0 spiro atoms. The molecule has 1 aliphatic rings. The van der Waals surface area contributed by atoms with Crippen molar-refractivity contribution in [1.29, 1.82) is 0 Å². The lowest BCUT2D eigenvalue weighted by Crippen LogP contribution is -2.48. The largest absolute Gasteiger partial charge is 0.394 e. The minimum atomic E-state index is -0.0758. The van der Waals surface area contributed by atoms with E-state index in [2.05, 4.69) is 35.1 Å². The molecule has 0 radical (unpaired) electrons. The zero-order valence-electron chi connectivity index (χ0n) is 11.7. The second-order valence-corrected chi connectivity index (χ2v) is 4.98. The third-order valence-electron chi connectivity index (χ3n) is 3.40. The van der Waals surface area contributed by atoms with E-state index in [1.807, 2.05) is 12.3 Å². The highest BCUT2D eigenvalue weighted by molar-refractivity contribution is 5.42. The van der Waals surface area contributed by atoms with Gasteiger partial charge in [0, 0.05) is 37.6 Å². The van der Waals surface area contributed by atoms with Crippen LogP contribution in [0.1, 0.15) is 19.5 Å². The summed E-state index contributed by atoms with van der Waals surface area (Å²) in [6.45, 7) is 7.42. The Kier molecular flexibility index (Phi) is 5.13. The number of nitrogens with one attached hydrogen (secondary N) is 1. The van der Waals surface area contributed by atoms with Gasteiger partial charge in [-0.15, -0.1) is 0 Å². The molecule has 2 N–H and O–H groups in total. The maximum atomic E-state index is 9.20. The third-order valence-corrected chi connectivity index (χ3v) is 3.40. The van der Waals surface area contributed by atoms with Crippen LogP contribution in [0.3, 0.4) is 0 Å². The van der Waals surface area contributed by atoms with Gasteiger partial charge in [0.25, 0.3) is 0 Å². The second kappa shape index (κ2) is 6.84. The number of ether oxygens (including phenoxy) is 1. The molecule has 2 heterocycles. The van der Waals surface area contributed by atoms with Gasteiger partial charge in [-0.05, 0) is 26.0 Å². The summed E-state index contributed by atoms with van der Waals surface area (Å²) in [4.78, 5) is 6.72. The molecule has 2 unspecified atom stereocenters. The molecule has 5 heteroatoms. The second-order valence-electron chi connectivity index (χ2n) is 4.98. The lowest BCUT2D eigenvalue weighted by atomic mass is 10.2. The van der Waals surface area contributed by atoms with Crippen LogP contribution >= 0.6 is 0 Å². The first-order valence-corrected chi connectivity index (χ1v) is 6.88. The van der Waals surface area contributed by atoms with Crippen molar-refractivity contribution in [3.05, 3.63) is 24.0 Å². The van der Waals surface area contributed by atoms with E-state index in [4.69, 9.17) is 4.74 Å². The molecule has 5 nitrogen and oxygen atoms in total. The molecule has 106 valence electrons. The van der Waals surface area contributed by atoms with Crippen molar-refractivity contribution in [3.63, 3.8) is 0 Å². The van der Waals surface area contributed by atoms with Crippen molar-refractivity contribution in [2.24, 2.45) is 0 Å². The van der Waals surface area contributed by atoms with E-state index in [1.165, 1.54) is 0 Å². The number of nitrogens with zero attached hydrogens (tertiary/aromatic N) is 2. The minimum Gasteiger partial charge on any atom is -0.394 e. The molecule has 1 aromatic heterocycles. The summed E-state index contributed by atoms with van der Waals surface area (Å²) in [7, 11) is 0. The van der Waals surface area contributed by atoms with Crippen LogP contribution in [0.15, 0.2) is 18.3 Å². The molecular weight excluding hydrogens is 242 g/mol. The quantitative estimate of drug-likeness (QED) is 0.835. The zero-order chi connectivity index (χ0) is 13.7. The monoisotopic (exact) mass is 265 g/mol. The Balaban J connectivity index is 2.00. The molecule has 1 saturated heterocycles. The third kappa shape index (κ3) is 3.89. The summed E-state index contributed by atoms with van der Waals surface area (Å²) in [6.07, 6.45) is 1.76. The highest BCUT2D eigenvalue weighted by Gasteiger charge is 2.25. The van der Waals surface area contributed by atoms with Crippen LogP contribution < -0.4 is 5.32 Å². The average molecular weight is 265 g/mol. The Morgan fingerprint density at radius 2 is 2.42 bits per heavy atom. The summed E-state index contributed by atoms with van der Waals surface area (Å²) in [5.41, 5.74) is 2.15. The van der Waals surface area contributed by atoms with Gasteiger partial charge in [-0.1, -0.05) is 0 Å². The first-order valence-electron chi connectivity index (χ1n) is 6.88. The highest BCUT2D eigenvalue weighted by Crippen LogP contribution is 2.16. The van der Waals surface area contributed by atoms with Gasteiger partial charge in [0.15, 0.2) is 0 Å². The van der Waals surface area contributed by atoms with Crippen LogP contribution in [-0.4, -0.2) is 53.4 Å². The van der Waals surface area contributed by atoms with Gasteiger partial charge in [-0.25, -0.2) is 0 Å². The van der Waals surface area contributed by atoms with Crippen LogP contribution in [-0.2, 0) is 11.3 Å². The van der Waals surface area contributed by atoms with Crippen LogP contribution in [0.5, 0.6) is 0 Å². The van der Waals surface area contributed by atoms with Crippen molar-refractivity contribution >= 4 is 5.69 Å². The maximum Gasteiger partial charge on any atom is 0.0933 e. The lowest BCUT2D eigenvalue weighted by molar-refractivity contribution is -0.0808. The molecule has 1 aromatic rings. The molecule has 19 heavy (non-hydrogen) atoms. The molecule has 0 aromatic carbocycles. The standard InChI is InChI=1S/C14H23N3O2/c1-3-15-12-4-5-16-13(6-12)7-17-8-14(9-18)19-10-11(17)2/h4-6,11,14,18H,3,7-10H2,1-2H3,(H,15,16). The van der Waals surface area contributed by atoms with Gasteiger partial charge < -0.3 is 15.2 Å². The van der Waals surface area contributed by atoms with Gasteiger partial charge in [-0.3, -0.25) is 9.88 Å². The smallest absolute Gasteiger partial charge is 0.0933 e. The van der Waals surface area contributed by atoms with Gasteiger partial charge in [0.2, 0.25) is 0 Å².